The van der Waals surface area contributed by atoms with Crippen LogP contribution >= 0.6 is 0 Å². The fourth-order valence-electron chi connectivity index (χ4n) is 2.69. The van der Waals surface area contributed by atoms with Crippen molar-refractivity contribution >= 4 is 17.5 Å². The summed E-state index contributed by atoms with van der Waals surface area (Å²) in [4.78, 5) is 25.9. The van der Waals surface area contributed by atoms with Gasteiger partial charge in [0.25, 0.3) is 0 Å². The summed E-state index contributed by atoms with van der Waals surface area (Å²) < 4.78 is 10.4. The van der Waals surface area contributed by atoms with E-state index >= 15 is 0 Å². The first-order valence-corrected chi connectivity index (χ1v) is 8.76. The lowest BCUT2D eigenvalue weighted by atomic mass is 10.1. The zero-order valence-corrected chi connectivity index (χ0v) is 16.2. The van der Waals surface area contributed by atoms with Crippen LogP contribution in [0, 0.1) is 6.92 Å². The second-order valence-corrected chi connectivity index (χ2v) is 6.29. The molecule has 0 aliphatic rings. The highest BCUT2D eigenvalue weighted by molar-refractivity contribution is 5.95. The Labute approximate surface area is 160 Å². The summed E-state index contributed by atoms with van der Waals surface area (Å²) in [5, 5.41) is 2.83. The Morgan fingerprint density at radius 1 is 1.04 bits per heavy atom. The van der Waals surface area contributed by atoms with E-state index in [-0.39, 0.29) is 18.4 Å². The molecule has 0 aliphatic heterocycles. The average molecular weight is 370 g/mol. The number of hydrogen-bond acceptors (Lipinski definition) is 4. The molecule has 0 bridgehead atoms. The van der Waals surface area contributed by atoms with E-state index in [1.165, 1.54) is 11.8 Å². The van der Waals surface area contributed by atoms with Gasteiger partial charge in [0.15, 0.2) is 0 Å². The summed E-state index contributed by atoms with van der Waals surface area (Å²) in [6.45, 7) is 3.85. The summed E-state index contributed by atoms with van der Waals surface area (Å²) in [5.74, 6) is 0.967. The molecule has 0 saturated heterocycles. The Balaban J connectivity index is 1.97. The van der Waals surface area contributed by atoms with Gasteiger partial charge >= 0.3 is 0 Å². The molecule has 6 heteroatoms. The molecular weight excluding hydrogens is 344 g/mol. The topological polar surface area (TPSA) is 67.9 Å². The molecule has 1 N–H and O–H groups in total. The number of ether oxygens (including phenoxy) is 2. The van der Waals surface area contributed by atoms with E-state index in [4.69, 9.17) is 9.47 Å². The molecule has 0 heterocycles. The molecule has 2 amide bonds. The highest BCUT2D eigenvalue weighted by Gasteiger charge is 2.15. The molecule has 0 unspecified atom stereocenters. The van der Waals surface area contributed by atoms with Gasteiger partial charge in [-0.25, -0.2) is 0 Å². The number of benzene rings is 2. The van der Waals surface area contributed by atoms with Gasteiger partial charge in [-0.05, 0) is 48.7 Å². The number of aryl methyl sites for hydroxylation is 1. The number of amides is 2. The van der Waals surface area contributed by atoms with E-state index in [9.17, 15) is 9.59 Å². The maximum Gasteiger partial charge on any atom is 0.244 e. The highest BCUT2D eigenvalue weighted by Crippen LogP contribution is 2.25. The quantitative estimate of drug-likeness (QED) is 0.776. The molecule has 0 saturated carbocycles. The van der Waals surface area contributed by atoms with Crippen molar-refractivity contribution in [3.05, 3.63) is 53.6 Å². The van der Waals surface area contributed by atoms with E-state index in [1.54, 1.807) is 20.3 Å². The molecule has 0 spiro atoms. The Hall–Kier alpha value is -3.02. The molecule has 27 heavy (non-hydrogen) atoms. The lowest BCUT2D eigenvalue weighted by molar-refractivity contribution is -0.132. The number of methoxy groups -OCH3 is 2. The zero-order valence-electron chi connectivity index (χ0n) is 16.2. The summed E-state index contributed by atoms with van der Waals surface area (Å²) in [7, 11) is 3.17. The number of anilines is 1. The lowest BCUT2D eigenvalue weighted by Gasteiger charge is -2.21. The van der Waals surface area contributed by atoms with E-state index < -0.39 is 0 Å². The van der Waals surface area contributed by atoms with Gasteiger partial charge in [-0.2, -0.15) is 0 Å². The average Bonchev–Trinajstić information content (AvgIpc) is 2.65. The molecule has 0 aromatic heterocycles. The zero-order chi connectivity index (χ0) is 19.8. The van der Waals surface area contributed by atoms with Crippen LogP contribution in [0.5, 0.6) is 11.5 Å². The maximum atomic E-state index is 12.4. The van der Waals surface area contributed by atoms with Gasteiger partial charge in [-0.1, -0.05) is 18.2 Å². The Kier molecular flexibility index (Phi) is 7.23. The molecule has 6 nitrogen and oxygen atoms in total. The smallest absolute Gasteiger partial charge is 0.244 e. The first kappa shape index (κ1) is 20.3. The molecule has 2 aromatic rings. The third-order valence-corrected chi connectivity index (χ3v) is 4.24. The van der Waals surface area contributed by atoms with Crippen LogP contribution in [0.25, 0.3) is 0 Å². The lowest BCUT2D eigenvalue weighted by Crippen LogP contribution is -2.38. The third-order valence-electron chi connectivity index (χ3n) is 4.24. The fourth-order valence-corrected chi connectivity index (χ4v) is 2.69. The second-order valence-electron chi connectivity index (χ2n) is 6.29. The SMILES string of the molecule is COc1ccc(CCN(CC(=O)Nc2cc(C)ccc2OC)C(C)=O)cc1. The van der Waals surface area contributed by atoms with Crippen LogP contribution in [0.4, 0.5) is 5.69 Å². The van der Waals surface area contributed by atoms with Crippen molar-refractivity contribution in [2.75, 3.05) is 32.6 Å². The van der Waals surface area contributed by atoms with Crippen LogP contribution in [-0.2, 0) is 16.0 Å². The molecule has 0 fully saturated rings. The predicted octanol–water partition coefficient (Wildman–Crippen LogP) is 3.04. The van der Waals surface area contributed by atoms with Gasteiger partial charge in [0.1, 0.15) is 11.5 Å². The second kappa shape index (κ2) is 9.62. The maximum absolute atomic E-state index is 12.4. The molecule has 2 rings (SSSR count). The number of hydrogen-bond donors (Lipinski definition) is 1. The van der Waals surface area contributed by atoms with Crippen molar-refractivity contribution in [1.82, 2.24) is 4.90 Å². The van der Waals surface area contributed by atoms with Crippen LogP contribution < -0.4 is 14.8 Å². The molecule has 0 radical (unpaired) electrons. The van der Waals surface area contributed by atoms with Gasteiger partial charge in [0, 0.05) is 13.5 Å². The van der Waals surface area contributed by atoms with E-state index in [0.29, 0.717) is 24.4 Å². The van der Waals surface area contributed by atoms with Crippen LogP contribution in [0.15, 0.2) is 42.5 Å². The summed E-state index contributed by atoms with van der Waals surface area (Å²) in [6.07, 6.45) is 0.657. The van der Waals surface area contributed by atoms with Crippen LogP contribution in [0.1, 0.15) is 18.1 Å². The van der Waals surface area contributed by atoms with E-state index in [1.807, 2.05) is 43.3 Å². The third kappa shape index (κ3) is 6.02. The molecular formula is C21H26N2O4. The van der Waals surface area contributed by atoms with Crippen molar-refractivity contribution in [3.63, 3.8) is 0 Å². The largest absolute Gasteiger partial charge is 0.497 e. The molecule has 0 aliphatic carbocycles. The standard InChI is InChI=1S/C21H26N2O4/c1-15-5-10-20(27-4)19(13-15)22-21(25)14-23(16(2)24)12-11-17-6-8-18(26-3)9-7-17/h5-10,13H,11-12,14H2,1-4H3,(H,22,25). The minimum atomic E-state index is -0.260. The van der Waals surface area contributed by atoms with Gasteiger partial charge in [0.05, 0.1) is 26.5 Å². The fraction of sp³-hybridized carbons (Fsp3) is 0.333. The van der Waals surface area contributed by atoms with Crippen molar-refractivity contribution in [2.45, 2.75) is 20.3 Å². The molecule has 144 valence electrons. The van der Waals surface area contributed by atoms with Crippen molar-refractivity contribution in [2.24, 2.45) is 0 Å². The minimum absolute atomic E-state index is 0.0113. The predicted molar refractivity (Wildman–Crippen MR) is 105 cm³/mol. The Morgan fingerprint density at radius 3 is 2.33 bits per heavy atom. The Bertz CT molecular complexity index is 787. The van der Waals surface area contributed by atoms with Crippen LogP contribution in [0.3, 0.4) is 0 Å². The minimum Gasteiger partial charge on any atom is -0.497 e. The number of rotatable bonds is 8. The van der Waals surface area contributed by atoms with Crippen LogP contribution in [0.2, 0.25) is 0 Å². The monoisotopic (exact) mass is 370 g/mol. The van der Waals surface area contributed by atoms with Gasteiger partial charge in [0.2, 0.25) is 11.8 Å². The van der Waals surface area contributed by atoms with Crippen molar-refractivity contribution in [3.8, 4) is 11.5 Å². The Morgan fingerprint density at radius 2 is 1.74 bits per heavy atom. The number of nitrogens with zero attached hydrogens (tertiary/aromatic N) is 1. The highest BCUT2D eigenvalue weighted by atomic mass is 16.5. The van der Waals surface area contributed by atoms with Crippen molar-refractivity contribution < 1.29 is 19.1 Å². The van der Waals surface area contributed by atoms with E-state index in [2.05, 4.69) is 5.32 Å². The van der Waals surface area contributed by atoms with E-state index in [0.717, 1.165) is 16.9 Å². The molecule has 2 aromatic carbocycles. The van der Waals surface area contributed by atoms with Crippen LogP contribution in [-0.4, -0.2) is 44.0 Å². The van der Waals surface area contributed by atoms with Gasteiger partial charge in [-0.3, -0.25) is 9.59 Å². The first-order valence-electron chi connectivity index (χ1n) is 8.76. The number of carbonyl (C=O) groups excluding carboxylic acids is 2. The normalized spacial score (nSPS) is 10.2. The first-order chi connectivity index (χ1) is 12.9. The molecule has 0 atom stereocenters. The number of nitrogens with one attached hydrogen (secondary N) is 1. The van der Waals surface area contributed by atoms with Crippen molar-refractivity contribution in [1.29, 1.82) is 0 Å². The summed E-state index contributed by atoms with van der Waals surface area (Å²) in [5.41, 5.74) is 2.68. The van der Waals surface area contributed by atoms with Gasteiger partial charge in [-0.15, -0.1) is 0 Å². The number of carbonyl (C=O) groups is 2. The summed E-state index contributed by atoms with van der Waals surface area (Å²) >= 11 is 0. The summed E-state index contributed by atoms with van der Waals surface area (Å²) in [6, 6.07) is 13.2. The van der Waals surface area contributed by atoms with Gasteiger partial charge < -0.3 is 19.7 Å².